The van der Waals surface area contributed by atoms with Gasteiger partial charge in [-0.3, -0.25) is 0 Å². The molecule has 0 aliphatic heterocycles. The van der Waals surface area contributed by atoms with Crippen LogP contribution in [0, 0.1) is 0 Å². The van der Waals surface area contributed by atoms with Gasteiger partial charge in [0.25, 0.3) is 0 Å². The van der Waals surface area contributed by atoms with Crippen molar-refractivity contribution < 1.29 is 17.4 Å². The maximum absolute atomic E-state index is 2.31. The van der Waals surface area contributed by atoms with Crippen LogP contribution in [0.2, 0.25) is 0 Å². The Morgan fingerprint density at radius 3 is 0.792 bits per heavy atom. The van der Waals surface area contributed by atoms with Gasteiger partial charge >= 0.3 is 17.4 Å². The quantitative estimate of drug-likeness (QED) is 0.117. The van der Waals surface area contributed by atoms with Crippen molar-refractivity contribution in [3.8, 4) is 0 Å². The van der Waals surface area contributed by atoms with Crippen molar-refractivity contribution in [1.82, 2.24) is 0 Å². The monoisotopic (exact) mass is 750 g/mol. The Kier molecular flexibility index (Phi) is 10.5. The van der Waals surface area contributed by atoms with Gasteiger partial charge in [-0.15, -0.1) is 10.6 Å². The molecule has 0 amide bonds. The molecule has 0 saturated carbocycles. The molecule has 252 valence electrons. The summed E-state index contributed by atoms with van der Waals surface area (Å²) in [6.07, 6.45) is 0. The summed E-state index contributed by atoms with van der Waals surface area (Å²) in [6.45, 7) is 0. The van der Waals surface area contributed by atoms with Crippen LogP contribution in [0.15, 0.2) is 218 Å². The van der Waals surface area contributed by atoms with Gasteiger partial charge in [-0.05, 0) is 80.2 Å². The molecule has 0 saturated heterocycles. The van der Waals surface area contributed by atoms with Crippen LogP contribution in [0.5, 0.6) is 0 Å². The number of hydrogen-bond acceptors (Lipinski definition) is 0. The van der Waals surface area contributed by atoms with E-state index in [0.717, 1.165) is 0 Å². The minimum Gasteiger partial charge on any atom is -0.213 e. The molecule has 0 aliphatic rings. The minimum atomic E-state index is -0.609. The zero-order valence-electron chi connectivity index (χ0n) is 29.1. The van der Waals surface area contributed by atoms with E-state index < -0.39 is 15.8 Å². The van der Waals surface area contributed by atoms with Gasteiger partial charge in [-0.1, -0.05) is 170 Å². The Morgan fingerprint density at radius 1 is 0.264 bits per heavy atom. The zero-order chi connectivity index (χ0) is 34.7. The molecular formula is C50H36CrP2. The summed E-state index contributed by atoms with van der Waals surface area (Å²) >= 11 is 0. The van der Waals surface area contributed by atoms with Crippen molar-refractivity contribution in [2.75, 3.05) is 0 Å². The molecule has 3 heteroatoms. The molecule has 0 unspecified atom stereocenters. The van der Waals surface area contributed by atoms with Crippen LogP contribution >= 0.6 is 15.8 Å². The fourth-order valence-corrected chi connectivity index (χ4v) is 12.7. The largest absolute Gasteiger partial charge is 2.00 e. The SMILES string of the molecule is [Cr+2].c1c[cH-]c(P(c2cccc3ccccc23)c2cccc3ccccc23)c1.c1c[cH-]c(P(c2cccc3ccccc23)c2cccc3ccccc23)c1. The summed E-state index contributed by atoms with van der Waals surface area (Å²) in [7, 11) is -1.22. The number of fused-ring (bicyclic) bond motifs is 4. The minimum absolute atomic E-state index is 0. The normalized spacial score (nSPS) is 11.2. The Labute approximate surface area is 324 Å². The molecule has 0 radical (unpaired) electrons. The van der Waals surface area contributed by atoms with Crippen molar-refractivity contribution in [2.24, 2.45) is 0 Å². The molecule has 10 rings (SSSR count). The Balaban J connectivity index is 0.000000148. The van der Waals surface area contributed by atoms with Gasteiger partial charge in [0.2, 0.25) is 0 Å². The van der Waals surface area contributed by atoms with E-state index in [1.165, 1.54) is 74.9 Å². The van der Waals surface area contributed by atoms with Crippen LogP contribution in [0.4, 0.5) is 0 Å². The molecule has 0 N–H and O–H groups in total. The fraction of sp³-hybridized carbons (Fsp3) is 0. The molecule has 0 aromatic heterocycles. The average Bonchev–Trinajstić information content (AvgIpc) is 3.95. The first-order valence-electron chi connectivity index (χ1n) is 17.8. The number of hydrogen-bond donors (Lipinski definition) is 0. The van der Waals surface area contributed by atoms with Gasteiger partial charge in [-0.25, -0.2) is 24.3 Å². The number of benzene rings is 8. The van der Waals surface area contributed by atoms with Gasteiger partial charge < -0.3 is 0 Å². The van der Waals surface area contributed by atoms with Crippen molar-refractivity contribution >= 4 is 90.8 Å². The second-order valence-corrected chi connectivity index (χ2v) is 17.3. The summed E-state index contributed by atoms with van der Waals surface area (Å²) in [5.41, 5.74) is 0. The standard InChI is InChI=1S/2C25H18P.Cr/c2*1-5-15-22-19(9-1)11-7-17-24(22)26(21-13-3-4-14-21)25-18-8-12-20-10-2-6-16-23(20)25;/h2*1-18H;/q2*-1;+2. The zero-order valence-corrected chi connectivity index (χ0v) is 32.2. The summed E-state index contributed by atoms with van der Waals surface area (Å²) in [5.74, 6) is 0. The summed E-state index contributed by atoms with van der Waals surface area (Å²) in [4.78, 5) is 0. The predicted molar refractivity (Wildman–Crippen MR) is 232 cm³/mol. The molecule has 0 fully saturated rings. The fourth-order valence-electron chi connectivity index (χ4n) is 7.45. The first-order chi connectivity index (χ1) is 25.8. The molecule has 10 aromatic rings. The van der Waals surface area contributed by atoms with Crippen molar-refractivity contribution in [3.05, 3.63) is 218 Å². The van der Waals surface area contributed by atoms with E-state index in [1.807, 2.05) is 0 Å². The van der Waals surface area contributed by atoms with Crippen LogP contribution < -0.4 is 31.8 Å². The van der Waals surface area contributed by atoms with Crippen LogP contribution in [-0.4, -0.2) is 0 Å². The van der Waals surface area contributed by atoms with E-state index in [9.17, 15) is 0 Å². The second kappa shape index (κ2) is 15.9. The third kappa shape index (κ3) is 6.92. The van der Waals surface area contributed by atoms with Crippen LogP contribution in [0.3, 0.4) is 0 Å². The van der Waals surface area contributed by atoms with E-state index in [-0.39, 0.29) is 17.4 Å². The van der Waals surface area contributed by atoms with Crippen molar-refractivity contribution in [3.63, 3.8) is 0 Å². The molecular weight excluding hydrogens is 714 g/mol. The van der Waals surface area contributed by atoms with E-state index in [2.05, 4.69) is 218 Å². The number of rotatable bonds is 6. The predicted octanol–water partition coefficient (Wildman–Crippen LogP) is 10.9. The van der Waals surface area contributed by atoms with Crippen LogP contribution in [0.25, 0.3) is 43.1 Å². The maximum Gasteiger partial charge on any atom is 2.00 e. The molecule has 0 spiro atoms. The topological polar surface area (TPSA) is 0 Å². The molecule has 0 atom stereocenters. The molecule has 0 nitrogen and oxygen atoms in total. The van der Waals surface area contributed by atoms with E-state index in [4.69, 9.17) is 0 Å². The van der Waals surface area contributed by atoms with E-state index in [0.29, 0.717) is 0 Å². The van der Waals surface area contributed by atoms with E-state index >= 15 is 0 Å². The molecule has 0 bridgehead atoms. The molecule has 10 aromatic carbocycles. The average molecular weight is 751 g/mol. The third-order valence-electron chi connectivity index (χ3n) is 9.84. The first-order valence-corrected chi connectivity index (χ1v) is 20.5. The maximum atomic E-state index is 2.31. The van der Waals surface area contributed by atoms with Crippen molar-refractivity contribution in [1.29, 1.82) is 0 Å². The molecule has 53 heavy (non-hydrogen) atoms. The Bertz CT molecular complexity index is 2390. The Morgan fingerprint density at radius 2 is 0.528 bits per heavy atom. The molecule has 0 aliphatic carbocycles. The first kappa shape index (κ1) is 35.0. The Hall–Kier alpha value is -5.11. The molecule has 0 heterocycles. The van der Waals surface area contributed by atoms with Crippen LogP contribution in [-0.2, 0) is 17.4 Å². The van der Waals surface area contributed by atoms with Gasteiger partial charge in [0.15, 0.2) is 0 Å². The van der Waals surface area contributed by atoms with Gasteiger partial charge in [0.1, 0.15) is 0 Å². The van der Waals surface area contributed by atoms with Gasteiger partial charge in [0, 0.05) is 0 Å². The summed E-state index contributed by atoms with van der Waals surface area (Å²) in [5, 5.41) is 19.2. The summed E-state index contributed by atoms with van der Waals surface area (Å²) < 4.78 is 0. The smallest absolute Gasteiger partial charge is 0.213 e. The van der Waals surface area contributed by atoms with Crippen LogP contribution in [0.1, 0.15) is 0 Å². The third-order valence-corrected chi connectivity index (χ3v) is 15.0. The van der Waals surface area contributed by atoms with E-state index in [1.54, 1.807) is 0 Å². The summed E-state index contributed by atoms with van der Waals surface area (Å²) in [6, 6.07) is 79.5. The second-order valence-electron chi connectivity index (χ2n) is 13.0. The van der Waals surface area contributed by atoms with Gasteiger partial charge in [-0.2, -0.15) is 24.3 Å². The van der Waals surface area contributed by atoms with Crippen molar-refractivity contribution in [2.45, 2.75) is 0 Å². The van der Waals surface area contributed by atoms with Gasteiger partial charge in [0.05, 0.1) is 0 Å².